The number of fused-ring (bicyclic) bond motifs is 1. The SMILES string of the molecule is CCOc1ccc(C=C2NC(=O)NC2=O)c2ccccc12. The van der Waals surface area contributed by atoms with Gasteiger partial charge in [-0.15, -0.1) is 0 Å². The van der Waals surface area contributed by atoms with Gasteiger partial charge in [-0.3, -0.25) is 10.1 Å². The van der Waals surface area contributed by atoms with Crippen LogP contribution >= 0.6 is 0 Å². The lowest BCUT2D eigenvalue weighted by Gasteiger charge is -2.10. The Hall–Kier alpha value is -2.82. The Balaban J connectivity index is 2.12. The molecule has 2 aromatic carbocycles. The third-order valence-corrected chi connectivity index (χ3v) is 3.24. The van der Waals surface area contributed by atoms with Gasteiger partial charge in [0.15, 0.2) is 0 Å². The highest BCUT2D eigenvalue weighted by atomic mass is 16.5. The van der Waals surface area contributed by atoms with Crippen LogP contribution in [0.1, 0.15) is 12.5 Å². The molecule has 1 heterocycles. The first-order valence-electron chi connectivity index (χ1n) is 6.67. The summed E-state index contributed by atoms with van der Waals surface area (Å²) in [6.45, 7) is 2.52. The zero-order valence-corrected chi connectivity index (χ0v) is 11.5. The van der Waals surface area contributed by atoms with Crippen LogP contribution in [-0.4, -0.2) is 18.5 Å². The smallest absolute Gasteiger partial charge is 0.326 e. The summed E-state index contributed by atoms with van der Waals surface area (Å²) in [5.74, 6) is 0.383. The summed E-state index contributed by atoms with van der Waals surface area (Å²) in [5, 5.41) is 6.61. The van der Waals surface area contributed by atoms with E-state index in [1.807, 2.05) is 43.3 Å². The van der Waals surface area contributed by atoms with E-state index in [1.54, 1.807) is 6.08 Å². The van der Waals surface area contributed by atoms with Crippen LogP contribution in [0.25, 0.3) is 16.8 Å². The third-order valence-electron chi connectivity index (χ3n) is 3.24. The minimum Gasteiger partial charge on any atom is -0.493 e. The molecule has 2 N–H and O–H groups in total. The van der Waals surface area contributed by atoms with E-state index in [2.05, 4.69) is 10.6 Å². The number of imide groups is 1. The number of rotatable bonds is 3. The van der Waals surface area contributed by atoms with E-state index in [-0.39, 0.29) is 5.70 Å². The number of urea groups is 1. The maximum absolute atomic E-state index is 11.6. The van der Waals surface area contributed by atoms with Crippen LogP contribution in [0.3, 0.4) is 0 Å². The van der Waals surface area contributed by atoms with Gasteiger partial charge in [0, 0.05) is 5.39 Å². The van der Waals surface area contributed by atoms with Gasteiger partial charge in [0.25, 0.3) is 5.91 Å². The fourth-order valence-corrected chi connectivity index (χ4v) is 2.34. The van der Waals surface area contributed by atoms with Gasteiger partial charge in [-0.25, -0.2) is 4.79 Å². The van der Waals surface area contributed by atoms with Crippen LogP contribution in [-0.2, 0) is 4.79 Å². The quantitative estimate of drug-likeness (QED) is 0.671. The molecule has 3 amide bonds. The van der Waals surface area contributed by atoms with Gasteiger partial charge in [0.05, 0.1) is 6.61 Å². The normalized spacial score (nSPS) is 16.1. The van der Waals surface area contributed by atoms with Gasteiger partial charge in [-0.1, -0.05) is 30.3 Å². The molecule has 0 atom stereocenters. The van der Waals surface area contributed by atoms with Crippen molar-refractivity contribution in [2.45, 2.75) is 6.92 Å². The van der Waals surface area contributed by atoms with Crippen molar-refractivity contribution in [1.82, 2.24) is 10.6 Å². The first-order chi connectivity index (χ1) is 10.2. The summed E-state index contributed by atoms with van der Waals surface area (Å²) >= 11 is 0. The van der Waals surface area contributed by atoms with Gasteiger partial charge in [0.1, 0.15) is 11.4 Å². The van der Waals surface area contributed by atoms with Gasteiger partial charge in [-0.05, 0) is 30.0 Å². The van der Waals surface area contributed by atoms with Gasteiger partial charge in [0.2, 0.25) is 0 Å². The van der Waals surface area contributed by atoms with Gasteiger partial charge in [-0.2, -0.15) is 0 Å². The Morgan fingerprint density at radius 3 is 2.48 bits per heavy atom. The lowest BCUT2D eigenvalue weighted by atomic mass is 10.0. The molecule has 2 aromatic rings. The Morgan fingerprint density at radius 2 is 1.81 bits per heavy atom. The second-order valence-corrected chi connectivity index (χ2v) is 4.60. The number of ether oxygens (including phenoxy) is 1. The molecule has 0 bridgehead atoms. The number of hydrogen-bond acceptors (Lipinski definition) is 3. The largest absolute Gasteiger partial charge is 0.493 e. The lowest BCUT2D eigenvalue weighted by molar-refractivity contribution is -0.115. The van der Waals surface area contributed by atoms with E-state index in [1.165, 1.54) is 0 Å². The maximum Gasteiger partial charge on any atom is 0.326 e. The number of hydrogen-bond donors (Lipinski definition) is 2. The third kappa shape index (κ3) is 2.45. The molecule has 106 valence electrons. The zero-order chi connectivity index (χ0) is 14.8. The van der Waals surface area contributed by atoms with E-state index in [4.69, 9.17) is 4.74 Å². The standard InChI is InChI=1S/C16H14N2O3/c1-2-21-14-8-7-10(11-5-3-4-6-12(11)14)9-13-15(19)18-16(20)17-13/h3-9H,2H2,1H3,(H2,17,18,19,20). The number of amides is 3. The van der Waals surface area contributed by atoms with Crippen molar-refractivity contribution in [3.05, 3.63) is 47.7 Å². The second kappa shape index (κ2) is 5.28. The predicted octanol–water partition coefficient (Wildman–Crippen LogP) is 2.42. The molecular weight excluding hydrogens is 268 g/mol. The van der Waals surface area contributed by atoms with Gasteiger partial charge >= 0.3 is 6.03 Å². The summed E-state index contributed by atoms with van der Waals surface area (Å²) in [6, 6.07) is 11.0. The summed E-state index contributed by atoms with van der Waals surface area (Å²) in [4.78, 5) is 22.8. The molecule has 1 fully saturated rings. The van der Waals surface area contributed by atoms with E-state index >= 15 is 0 Å². The molecule has 0 radical (unpaired) electrons. The first-order valence-corrected chi connectivity index (χ1v) is 6.67. The summed E-state index contributed by atoms with van der Waals surface area (Å²) < 4.78 is 5.61. The van der Waals surface area contributed by atoms with Crippen molar-refractivity contribution >= 4 is 28.8 Å². The van der Waals surface area contributed by atoms with E-state index < -0.39 is 11.9 Å². The van der Waals surface area contributed by atoms with Crippen molar-refractivity contribution in [3.8, 4) is 5.75 Å². The monoisotopic (exact) mass is 282 g/mol. The minimum absolute atomic E-state index is 0.245. The molecule has 0 unspecified atom stereocenters. The van der Waals surface area contributed by atoms with Crippen molar-refractivity contribution in [2.24, 2.45) is 0 Å². The fourth-order valence-electron chi connectivity index (χ4n) is 2.34. The molecule has 1 saturated heterocycles. The molecule has 0 aliphatic carbocycles. The number of carbonyl (C=O) groups is 2. The van der Waals surface area contributed by atoms with Gasteiger partial charge < -0.3 is 10.1 Å². The number of nitrogens with one attached hydrogen (secondary N) is 2. The molecular formula is C16H14N2O3. The Kier molecular flexibility index (Phi) is 3.31. The minimum atomic E-state index is -0.499. The van der Waals surface area contributed by atoms with Crippen LogP contribution in [0.5, 0.6) is 5.75 Å². The summed E-state index contributed by atoms with van der Waals surface area (Å²) in [7, 11) is 0. The molecule has 0 spiro atoms. The maximum atomic E-state index is 11.6. The van der Waals surface area contributed by atoms with E-state index in [9.17, 15) is 9.59 Å². The lowest BCUT2D eigenvalue weighted by Crippen LogP contribution is -2.22. The molecule has 1 aliphatic rings. The van der Waals surface area contributed by atoms with Crippen molar-refractivity contribution in [2.75, 3.05) is 6.61 Å². The van der Waals surface area contributed by atoms with Crippen LogP contribution in [0.2, 0.25) is 0 Å². The molecule has 5 heteroatoms. The van der Waals surface area contributed by atoms with Crippen molar-refractivity contribution in [1.29, 1.82) is 0 Å². The topological polar surface area (TPSA) is 67.4 Å². The number of carbonyl (C=O) groups excluding carboxylic acids is 2. The van der Waals surface area contributed by atoms with Crippen LogP contribution in [0.15, 0.2) is 42.1 Å². The summed E-state index contributed by atoms with van der Waals surface area (Å²) in [5.41, 5.74) is 1.09. The van der Waals surface area contributed by atoms with Crippen molar-refractivity contribution in [3.63, 3.8) is 0 Å². The average Bonchev–Trinajstić information content (AvgIpc) is 2.80. The Morgan fingerprint density at radius 1 is 1.05 bits per heavy atom. The second-order valence-electron chi connectivity index (χ2n) is 4.60. The summed E-state index contributed by atoms with van der Waals surface area (Å²) in [6.07, 6.45) is 1.66. The Labute approximate surface area is 121 Å². The highest BCUT2D eigenvalue weighted by Gasteiger charge is 2.23. The van der Waals surface area contributed by atoms with Crippen LogP contribution in [0.4, 0.5) is 4.79 Å². The van der Waals surface area contributed by atoms with E-state index in [0.717, 1.165) is 22.1 Å². The highest BCUT2D eigenvalue weighted by molar-refractivity contribution is 6.14. The zero-order valence-electron chi connectivity index (χ0n) is 11.5. The average molecular weight is 282 g/mol. The molecule has 5 nitrogen and oxygen atoms in total. The Bertz CT molecular complexity index is 765. The van der Waals surface area contributed by atoms with E-state index in [0.29, 0.717) is 6.61 Å². The predicted molar refractivity (Wildman–Crippen MR) is 79.8 cm³/mol. The highest BCUT2D eigenvalue weighted by Crippen LogP contribution is 2.29. The number of benzene rings is 2. The van der Waals surface area contributed by atoms with Crippen molar-refractivity contribution < 1.29 is 14.3 Å². The molecule has 21 heavy (non-hydrogen) atoms. The molecule has 3 rings (SSSR count). The molecule has 1 aliphatic heterocycles. The first kappa shape index (κ1) is 13.2. The molecule has 0 saturated carbocycles. The van der Waals surface area contributed by atoms with Crippen LogP contribution < -0.4 is 15.4 Å². The molecule has 0 aromatic heterocycles. The van der Waals surface area contributed by atoms with Crippen LogP contribution in [0, 0.1) is 0 Å². The fraction of sp³-hybridized carbons (Fsp3) is 0.125.